The van der Waals surface area contributed by atoms with Crippen molar-refractivity contribution in [2.45, 2.75) is 97.2 Å². The summed E-state index contributed by atoms with van der Waals surface area (Å²) in [6, 6.07) is 0. The molecule has 5 rings (SSSR count). The molecule has 0 bridgehead atoms. The van der Waals surface area contributed by atoms with Crippen LogP contribution >= 0.6 is 0 Å². The largest absolute Gasteiger partial charge is 0.366 e. The number of rotatable bonds is 1. The fourth-order valence-corrected chi connectivity index (χ4v) is 8.72. The van der Waals surface area contributed by atoms with Crippen LogP contribution < -0.4 is 0 Å². The van der Waals surface area contributed by atoms with E-state index in [0.717, 1.165) is 30.1 Å². The third-order valence-corrected chi connectivity index (χ3v) is 10.3. The molecule has 0 aromatic carbocycles. The number of fused-ring (bicyclic) bond motifs is 5. The fourth-order valence-electron chi connectivity index (χ4n) is 8.72. The Labute approximate surface area is 153 Å². The molecule has 0 aromatic heterocycles. The predicted octanol–water partition coefficient (Wildman–Crippen LogP) is 5.39. The van der Waals surface area contributed by atoms with E-state index >= 15 is 0 Å². The van der Waals surface area contributed by atoms with E-state index in [0.29, 0.717) is 28.6 Å². The lowest BCUT2D eigenvalue weighted by molar-refractivity contribution is -0.136. The third kappa shape index (κ3) is 2.10. The Kier molecular flexibility index (Phi) is 3.43. The minimum atomic E-state index is 0.271. The summed E-state index contributed by atoms with van der Waals surface area (Å²) in [7, 11) is 0. The van der Waals surface area contributed by atoms with Crippen LogP contribution in [-0.4, -0.2) is 17.5 Å². The van der Waals surface area contributed by atoms with E-state index in [4.69, 9.17) is 4.74 Å². The molecule has 0 amide bonds. The number of Topliss-reactive ketones (excluding diaryl/α,β-unsaturated/α-hetero) is 1. The van der Waals surface area contributed by atoms with Crippen LogP contribution in [0, 0.1) is 40.4 Å². The topological polar surface area (TPSA) is 29.6 Å². The Hall–Kier alpha value is -0.370. The van der Waals surface area contributed by atoms with E-state index in [2.05, 4.69) is 20.8 Å². The van der Waals surface area contributed by atoms with E-state index in [1.165, 1.54) is 51.4 Å². The number of ketones is 1. The highest BCUT2D eigenvalue weighted by atomic mass is 16.6. The molecule has 25 heavy (non-hydrogen) atoms. The first-order chi connectivity index (χ1) is 11.8. The lowest BCUT2D eigenvalue weighted by Gasteiger charge is -2.61. The maximum atomic E-state index is 12.3. The van der Waals surface area contributed by atoms with E-state index < -0.39 is 0 Å². The van der Waals surface area contributed by atoms with Crippen molar-refractivity contribution in [1.29, 1.82) is 0 Å². The first-order valence-corrected chi connectivity index (χ1v) is 11.0. The SMILES string of the molecule is CC(=O)[C@H]1CCC2C3CC[C@H]4C[C@@]5(CC[C@]4(C)C3CC[C@@]21C)O[C@H]5C. The van der Waals surface area contributed by atoms with Crippen LogP contribution in [0.1, 0.15) is 85.5 Å². The van der Waals surface area contributed by atoms with Gasteiger partial charge in [0.1, 0.15) is 5.78 Å². The number of hydrogen-bond donors (Lipinski definition) is 0. The van der Waals surface area contributed by atoms with Gasteiger partial charge in [0.2, 0.25) is 0 Å². The van der Waals surface area contributed by atoms with Gasteiger partial charge in [0.25, 0.3) is 0 Å². The first-order valence-electron chi connectivity index (χ1n) is 11.0. The van der Waals surface area contributed by atoms with E-state index in [9.17, 15) is 4.79 Å². The van der Waals surface area contributed by atoms with Crippen LogP contribution in [0.4, 0.5) is 0 Å². The quantitative estimate of drug-likeness (QED) is 0.597. The van der Waals surface area contributed by atoms with Crippen LogP contribution in [0.25, 0.3) is 0 Å². The van der Waals surface area contributed by atoms with Gasteiger partial charge in [-0.25, -0.2) is 0 Å². The summed E-state index contributed by atoms with van der Waals surface area (Å²) >= 11 is 0. The Balaban J connectivity index is 1.41. The Morgan fingerprint density at radius 1 is 0.920 bits per heavy atom. The molecule has 140 valence electrons. The van der Waals surface area contributed by atoms with Gasteiger partial charge in [0.05, 0.1) is 11.7 Å². The van der Waals surface area contributed by atoms with Gasteiger partial charge in [-0.15, -0.1) is 0 Å². The molecule has 2 nitrogen and oxygen atoms in total. The lowest BCUT2D eigenvalue weighted by atomic mass is 9.44. The van der Waals surface area contributed by atoms with Crippen molar-refractivity contribution in [1.82, 2.24) is 0 Å². The molecule has 3 unspecified atom stereocenters. The van der Waals surface area contributed by atoms with Gasteiger partial charge in [-0.2, -0.15) is 0 Å². The molecule has 4 aliphatic carbocycles. The molecule has 1 aliphatic heterocycles. The van der Waals surface area contributed by atoms with Crippen molar-refractivity contribution in [3.63, 3.8) is 0 Å². The summed E-state index contributed by atoms with van der Waals surface area (Å²) in [6.45, 7) is 9.23. The van der Waals surface area contributed by atoms with Gasteiger partial charge in [-0.3, -0.25) is 4.79 Å². The van der Waals surface area contributed by atoms with Crippen molar-refractivity contribution in [2.75, 3.05) is 0 Å². The third-order valence-electron chi connectivity index (χ3n) is 10.3. The van der Waals surface area contributed by atoms with E-state index in [1.54, 1.807) is 0 Å². The highest BCUT2D eigenvalue weighted by molar-refractivity contribution is 5.79. The second-order valence-electron chi connectivity index (χ2n) is 11.0. The summed E-state index contributed by atoms with van der Waals surface area (Å²) in [4.78, 5) is 12.3. The molecule has 5 aliphatic rings. The minimum Gasteiger partial charge on any atom is -0.366 e. The molecule has 1 saturated heterocycles. The Morgan fingerprint density at radius 2 is 1.64 bits per heavy atom. The molecule has 0 N–H and O–H groups in total. The number of ether oxygens (including phenoxy) is 1. The highest BCUT2D eigenvalue weighted by Gasteiger charge is 2.65. The normalized spacial score (nSPS) is 59.8. The van der Waals surface area contributed by atoms with Crippen molar-refractivity contribution in [3.05, 3.63) is 0 Å². The van der Waals surface area contributed by atoms with Crippen LogP contribution in [0.3, 0.4) is 0 Å². The number of hydrogen-bond acceptors (Lipinski definition) is 2. The molecule has 2 heteroatoms. The molecular formula is C23H36O2. The average Bonchev–Trinajstić information content (AvgIpc) is 3.01. The maximum absolute atomic E-state index is 12.3. The van der Waals surface area contributed by atoms with Crippen LogP contribution in [0.5, 0.6) is 0 Å². The van der Waals surface area contributed by atoms with Gasteiger partial charge in [-0.1, -0.05) is 13.8 Å². The van der Waals surface area contributed by atoms with Crippen molar-refractivity contribution >= 4 is 5.78 Å². The summed E-state index contributed by atoms with van der Waals surface area (Å²) < 4.78 is 6.06. The van der Waals surface area contributed by atoms with Crippen molar-refractivity contribution < 1.29 is 9.53 Å². The van der Waals surface area contributed by atoms with Gasteiger partial charge >= 0.3 is 0 Å². The molecule has 1 heterocycles. The molecule has 5 fully saturated rings. The lowest BCUT2D eigenvalue weighted by Crippen LogP contribution is -2.54. The van der Waals surface area contributed by atoms with Gasteiger partial charge in [0, 0.05) is 5.92 Å². The number of epoxide rings is 1. The van der Waals surface area contributed by atoms with Crippen molar-refractivity contribution in [2.24, 2.45) is 40.4 Å². The zero-order chi connectivity index (χ0) is 17.6. The highest BCUT2D eigenvalue weighted by Crippen LogP contribution is 2.69. The second-order valence-corrected chi connectivity index (χ2v) is 11.0. The molecule has 1 spiro atoms. The fraction of sp³-hybridized carbons (Fsp3) is 0.957. The van der Waals surface area contributed by atoms with Crippen LogP contribution in [-0.2, 0) is 9.53 Å². The summed E-state index contributed by atoms with van der Waals surface area (Å²) in [5.41, 5.74) is 1.11. The smallest absolute Gasteiger partial charge is 0.133 e. The molecular weight excluding hydrogens is 308 g/mol. The average molecular weight is 345 g/mol. The molecule has 0 aromatic rings. The van der Waals surface area contributed by atoms with Crippen molar-refractivity contribution in [3.8, 4) is 0 Å². The second kappa shape index (κ2) is 5.12. The zero-order valence-electron chi connectivity index (χ0n) is 16.6. The number of carbonyl (C=O) groups is 1. The molecule has 9 atom stereocenters. The summed E-state index contributed by atoms with van der Waals surface area (Å²) in [5, 5.41) is 0. The van der Waals surface area contributed by atoms with Gasteiger partial charge in [0.15, 0.2) is 0 Å². The Morgan fingerprint density at radius 3 is 2.32 bits per heavy atom. The Bertz CT molecular complexity index is 599. The van der Waals surface area contributed by atoms with Crippen LogP contribution in [0.2, 0.25) is 0 Å². The predicted molar refractivity (Wildman–Crippen MR) is 99.2 cm³/mol. The zero-order valence-corrected chi connectivity index (χ0v) is 16.6. The standard InChI is InChI=1S/C23H36O2/c1-14(24)18-7-8-19-17-6-5-16-13-23(15(2)25-23)12-11-21(16,3)20(17)9-10-22(18,19)4/h15-20H,5-13H2,1-4H3/t15-,16-,17?,18+,19?,20?,21-,22+,23+/m0/s1. The van der Waals surface area contributed by atoms with E-state index in [1.807, 2.05) is 6.92 Å². The molecule has 0 radical (unpaired) electrons. The summed E-state index contributed by atoms with van der Waals surface area (Å²) in [6.07, 6.45) is 12.5. The first kappa shape index (κ1) is 16.8. The minimum absolute atomic E-state index is 0.271. The van der Waals surface area contributed by atoms with Gasteiger partial charge in [-0.05, 0) is 106 Å². The summed E-state index contributed by atoms with van der Waals surface area (Å²) in [5.74, 6) is 4.28. The van der Waals surface area contributed by atoms with Crippen LogP contribution in [0.15, 0.2) is 0 Å². The maximum Gasteiger partial charge on any atom is 0.133 e. The monoisotopic (exact) mass is 344 g/mol. The molecule has 4 saturated carbocycles. The number of carbonyl (C=O) groups excluding carboxylic acids is 1. The van der Waals surface area contributed by atoms with E-state index in [-0.39, 0.29) is 5.60 Å². The van der Waals surface area contributed by atoms with Gasteiger partial charge < -0.3 is 4.74 Å².